The van der Waals surface area contributed by atoms with E-state index < -0.39 is 0 Å². The van der Waals surface area contributed by atoms with Crippen LogP contribution in [0.15, 0.2) is 11.4 Å². The van der Waals surface area contributed by atoms with Crippen LogP contribution in [0, 0.1) is 5.92 Å². The Morgan fingerprint density at radius 2 is 2.20 bits per heavy atom. The normalized spacial score (nSPS) is 16.4. The molecule has 0 atom stereocenters. The summed E-state index contributed by atoms with van der Waals surface area (Å²) < 4.78 is 5.17. The number of thiophene rings is 1. The van der Waals surface area contributed by atoms with Gasteiger partial charge in [-0.3, -0.25) is 4.79 Å². The quantitative estimate of drug-likeness (QED) is 0.908. The molecular formula is C15H24N2O2S. The van der Waals surface area contributed by atoms with Crippen LogP contribution in [-0.4, -0.2) is 43.6 Å². The highest BCUT2D eigenvalue weighted by Crippen LogP contribution is 2.24. The number of hydrogen-bond acceptors (Lipinski definition) is 4. The standard InChI is InChI=1S/C15H24N2O2S/c1-11(2)17(9-12-4-6-16-7-5-12)15(18)14-8-13(19-3)10-20-14/h8,10-12,16H,4-7,9H2,1-3H3. The maximum Gasteiger partial charge on any atom is 0.264 e. The first-order valence-electron chi connectivity index (χ1n) is 7.26. The van der Waals surface area contributed by atoms with E-state index in [9.17, 15) is 4.79 Å². The van der Waals surface area contributed by atoms with Crippen LogP contribution in [-0.2, 0) is 0 Å². The van der Waals surface area contributed by atoms with E-state index in [0.717, 1.165) is 43.1 Å². The van der Waals surface area contributed by atoms with E-state index in [1.54, 1.807) is 7.11 Å². The van der Waals surface area contributed by atoms with Gasteiger partial charge in [0.05, 0.1) is 12.0 Å². The number of piperidine rings is 1. The third kappa shape index (κ3) is 3.73. The van der Waals surface area contributed by atoms with Gasteiger partial charge in [0.2, 0.25) is 0 Å². The molecule has 1 amide bonds. The van der Waals surface area contributed by atoms with Gasteiger partial charge in [-0.1, -0.05) is 0 Å². The SMILES string of the molecule is COc1csc(C(=O)N(CC2CCNCC2)C(C)C)c1. The number of rotatable bonds is 5. The molecule has 20 heavy (non-hydrogen) atoms. The molecule has 5 heteroatoms. The molecule has 0 unspecified atom stereocenters. The number of nitrogens with one attached hydrogen (secondary N) is 1. The van der Waals surface area contributed by atoms with Crippen molar-refractivity contribution in [3.63, 3.8) is 0 Å². The Morgan fingerprint density at radius 3 is 2.75 bits per heavy atom. The molecule has 1 N–H and O–H groups in total. The van der Waals surface area contributed by atoms with Crippen LogP contribution in [0.4, 0.5) is 0 Å². The van der Waals surface area contributed by atoms with Crippen LogP contribution < -0.4 is 10.1 Å². The zero-order chi connectivity index (χ0) is 14.5. The molecule has 0 aromatic carbocycles. The summed E-state index contributed by atoms with van der Waals surface area (Å²) in [6.07, 6.45) is 2.31. The van der Waals surface area contributed by atoms with E-state index in [2.05, 4.69) is 19.2 Å². The average Bonchev–Trinajstić information content (AvgIpc) is 2.94. The molecule has 1 aromatic rings. The monoisotopic (exact) mass is 296 g/mol. The first-order valence-corrected chi connectivity index (χ1v) is 8.14. The summed E-state index contributed by atoms with van der Waals surface area (Å²) in [7, 11) is 1.63. The molecule has 0 saturated carbocycles. The number of amides is 1. The topological polar surface area (TPSA) is 41.6 Å². The summed E-state index contributed by atoms with van der Waals surface area (Å²) in [4.78, 5) is 15.4. The molecule has 0 aliphatic carbocycles. The Labute approximate surface area is 125 Å². The molecule has 112 valence electrons. The molecule has 1 aliphatic heterocycles. The smallest absolute Gasteiger partial charge is 0.264 e. The van der Waals surface area contributed by atoms with Gasteiger partial charge in [-0.15, -0.1) is 11.3 Å². The Balaban J connectivity index is 2.04. The fourth-order valence-electron chi connectivity index (χ4n) is 2.55. The van der Waals surface area contributed by atoms with Crippen molar-refractivity contribution < 1.29 is 9.53 Å². The van der Waals surface area contributed by atoms with Crippen LogP contribution in [0.5, 0.6) is 5.75 Å². The van der Waals surface area contributed by atoms with Gasteiger partial charge in [0.25, 0.3) is 5.91 Å². The minimum Gasteiger partial charge on any atom is -0.496 e. The highest BCUT2D eigenvalue weighted by molar-refractivity contribution is 7.12. The second kappa shape index (κ2) is 7.09. The zero-order valence-electron chi connectivity index (χ0n) is 12.5. The fraction of sp³-hybridized carbons (Fsp3) is 0.667. The molecule has 4 nitrogen and oxygen atoms in total. The van der Waals surface area contributed by atoms with Gasteiger partial charge in [0.1, 0.15) is 5.75 Å². The maximum atomic E-state index is 12.7. The van der Waals surface area contributed by atoms with Crippen molar-refractivity contribution in [3.8, 4) is 5.75 Å². The first-order chi connectivity index (χ1) is 9.61. The molecule has 0 bridgehead atoms. The number of ether oxygens (including phenoxy) is 1. The van der Waals surface area contributed by atoms with Gasteiger partial charge in [0, 0.05) is 24.0 Å². The van der Waals surface area contributed by atoms with Crippen LogP contribution in [0.1, 0.15) is 36.4 Å². The summed E-state index contributed by atoms with van der Waals surface area (Å²) in [5.41, 5.74) is 0. The van der Waals surface area contributed by atoms with Crippen LogP contribution in [0.3, 0.4) is 0 Å². The Morgan fingerprint density at radius 1 is 1.50 bits per heavy atom. The van der Waals surface area contributed by atoms with Crippen LogP contribution in [0.2, 0.25) is 0 Å². The summed E-state index contributed by atoms with van der Waals surface area (Å²) in [6, 6.07) is 2.07. The molecule has 2 rings (SSSR count). The number of carbonyl (C=O) groups excluding carboxylic acids is 1. The average molecular weight is 296 g/mol. The highest BCUT2D eigenvalue weighted by atomic mass is 32.1. The van der Waals surface area contributed by atoms with Crippen molar-refractivity contribution in [1.29, 1.82) is 0 Å². The minimum absolute atomic E-state index is 0.131. The lowest BCUT2D eigenvalue weighted by molar-refractivity contribution is 0.0663. The minimum atomic E-state index is 0.131. The van der Waals surface area contributed by atoms with Gasteiger partial charge in [-0.25, -0.2) is 0 Å². The first kappa shape index (κ1) is 15.3. The predicted octanol–water partition coefficient (Wildman–Crippen LogP) is 2.61. The third-order valence-electron chi connectivity index (χ3n) is 3.82. The largest absolute Gasteiger partial charge is 0.496 e. The van der Waals surface area contributed by atoms with E-state index in [1.807, 2.05) is 16.3 Å². The van der Waals surface area contributed by atoms with Crippen molar-refractivity contribution in [2.75, 3.05) is 26.7 Å². The Kier molecular flexibility index (Phi) is 5.43. The summed E-state index contributed by atoms with van der Waals surface area (Å²) in [5, 5.41) is 5.26. The molecule has 1 aliphatic rings. The van der Waals surface area contributed by atoms with Gasteiger partial charge in [0.15, 0.2) is 0 Å². The van der Waals surface area contributed by atoms with Gasteiger partial charge in [-0.05, 0) is 45.7 Å². The van der Waals surface area contributed by atoms with Crippen molar-refractivity contribution >= 4 is 17.2 Å². The number of hydrogen-bond donors (Lipinski definition) is 1. The van der Waals surface area contributed by atoms with Gasteiger partial charge >= 0.3 is 0 Å². The zero-order valence-corrected chi connectivity index (χ0v) is 13.3. The van der Waals surface area contributed by atoms with Crippen molar-refractivity contribution in [2.45, 2.75) is 32.7 Å². The lowest BCUT2D eigenvalue weighted by Gasteiger charge is -2.32. The second-order valence-electron chi connectivity index (χ2n) is 5.60. The third-order valence-corrected chi connectivity index (χ3v) is 4.72. The number of methoxy groups -OCH3 is 1. The highest BCUT2D eigenvalue weighted by Gasteiger charge is 2.24. The molecule has 0 radical (unpaired) electrons. The molecule has 0 spiro atoms. The van der Waals surface area contributed by atoms with Crippen molar-refractivity contribution in [2.24, 2.45) is 5.92 Å². The van der Waals surface area contributed by atoms with E-state index in [0.29, 0.717) is 5.92 Å². The van der Waals surface area contributed by atoms with E-state index >= 15 is 0 Å². The maximum absolute atomic E-state index is 12.7. The Bertz CT molecular complexity index is 439. The molecule has 1 fully saturated rings. The predicted molar refractivity (Wildman–Crippen MR) is 82.6 cm³/mol. The molecular weight excluding hydrogens is 272 g/mol. The Hall–Kier alpha value is -1.07. The lowest BCUT2D eigenvalue weighted by atomic mass is 9.97. The molecule has 1 saturated heterocycles. The van der Waals surface area contributed by atoms with E-state index in [1.165, 1.54) is 11.3 Å². The number of carbonyl (C=O) groups is 1. The van der Waals surface area contributed by atoms with Crippen molar-refractivity contribution in [1.82, 2.24) is 10.2 Å². The van der Waals surface area contributed by atoms with Crippen LogP contribution in [0.25, 0.3) is 0 Å². The second-order valence-corrected chi connectivity index (χ2v) is 6.51. The summed E-state index contributed by atoms with van der Waals surface area (Å²) >= 11 is 1.46. The molecule has 2 heterocycles. The lowest BCUT2D eigenvalue weighted by Crippen LogP contribution is -2.42. The summed E-state index contributed by atoms with van der Waals surface area (Å²) in [5.74, 6) is 1.51. The summed E-state index contributed by atoms with van der Waals surface area (Å²) in [6.45, 7) is 7.17. The van der Waals surface area contributed by atoms with Gasteiger partial charge in [-0.2, -0.15) is 0 Å². The van der Waals surface area contributed by atoms with E-state index in [-0.39, 0.29) is 11.9 Å². The number of nitrogens with zero attached hydrogens (tertiary/aromatic N) is 1. The van der Waals surface area contributed by atoms with E-state index in [4.69, 9.17) is 4.74 Å². The van der Waals surface area contributed by atoms with Gasteiger partial charge < -0.3 is 15.0 Å². The fourth-order valence-corrected chi connectivity index (χ4v) is 3.36. The van der Waals surface area contributed by atoms with Crippen LogP contribution >= 0.6 is 11.3 Å². The molecule has 1 aromatic heterocycles. The van der Waals surface area contributed by atoms with Crippen molar-refractivity contribution in [3.05, 3.63) is 16.3 Å².